The molecule has 1 N–H and O–H groups in total. The Bertz CT molecular complexity index is 867. The van der Waals surface area contributed by atoms with Gasteiger partial charge in [0.25, 0.3) is 0 Å². The third kappa shape index (κ3) is 4.25. The molecule has 2 rings (SSSR count). The molecule has 0 bridgehead atoms. The molecule has 0 spiro atoms. The zero-order chi connectivity index (χ0) is 19.5. The third-order valence-corrected chi connectivity index (χ3v) is 3.45. The fraction of sp³-hybridized carbons (Fsp3) is 0.0714. The molecule has 26 heavy (non-hydrogen) atoms. The maximum atomic E-state index is 12.8. The molecular formula is C14H8ClF3N4O4. The van der Waals surface area contributed by atoms with Gasteiger partial charge in [-0.2, -0.15) is 18.3 Å². The number of hydrogen-bond donors (Lipinski definition) is 1. The Balaban J connectivity index is 2.51. The van der Waals surface area contributed by atoms with E-state index in [0.29, 0.717) is 5.56 Å². The number of nitrogens with zero attached hydrogens (tertiary/aromatic N) is 3. The average Bonchev–Trinajstić information content (AvgIpc) is 2.55. The Hall–Kier alpha value is -3.21. The van der Waals surface area contributed by atoms with Crippen molar-refractivity contribution in [3.63, 3.8) is 0 Å². The molecule has 0 radical (unpaired) electrons. The van der Waals surface area contributed by atoms with Crippen LogP contribution in [0, 0.1) is 20.2 Å². The second-order valence-electron chi connectivity index (χ2n) is 4.79. The normalized spacial score (nSPS) is 11.5. The minimum Gasteiger partial charge on any atom is -0.266 e. The van der Waals surface area contributed by atoms with Crippen molar-refractivity contribution in [2.24, 2.45) is 5.10 Å². The van der Waals surface area contributed by atoms with Gasteiger partial charge in [0.05, 0.1) is 21.6 Å². The molecule has 0 aliphatic rings. The summed E-state index contributed by atoms with van der Waals surface area (Å²) in [5.74, 6) is 0. The van der Waals surface area contributed by atoms with E-state index >= 15 is 0 Å². The van der Waals surface area contributed by atoms with Crippen LogP contribution in [0.3, 0.4) is 0 Å². The van der Waals surface area contributed by atoms with Crippen LogP contribution in [-0.2, 0) is 6.18 Å². The maximum Gasteiger partial charge on any atom is 0.416 e. The van der Waals surface area contributed by atoms with Gasteiger partial charge in [0, 0.05) is 22.7 Å². The van der Waals surface area contributed by atoms with Gasteiger partial charge in [-0.3, -0.25) is 25.7 Å². The average molecular weight is 389 g/mol. The molecule has 0 saturated carbocycles. The highest BCUT2D eigenvalue weighted by Gasteiger charge is 2.37. The van der Waals surface area contributed by atoms with Crippen molar-refractivity contribution in [2.75, 3.05) is 5.43 Å². The molecule has 0 unspecified atom stereocenters. The summed E-state index contributed by atoms with van der Waals surface area (Å²) in [7, 11) is 0. The lowest BCUT2D eigenvalue weighted by Crippen LogP contribution is -2.09. The predicted molar refractivity (Wildman–Crippen MR) is 87.4 cm³/mol. The van der Waals surface area contributed by atoms with Gasteiger partial charge in [-0.15, -0.1) is 0 Å². The van der Waals surface area contributed by atoms with Crippen molar-refractivity contribution < 1.29 is 23.0 Å². The van der Waals surface area contributed by atoms with E-state index in [1.165, 1.54) is 6.07 Å². The van der Waals surface area contributed by atoms with Gasteiger partial charge in [0.15, 0.2) is 0 Å². The van der Waals surface area contributed by atoms with Crippen LogP contribution in [0.5, 0.6) is 0 Å². The topological polar surface area (TPSA) is 111 Å². The standard InChI is InChI=1S/C14H8ClF3N4O4/c15-10-4-2-1-3-8(10)7-19-20-13-11(21(23)24)5-9(14(16,17)18)6-12(13)22(25)26/h1-7,20H/b19-7-. The van der Waals surface area contributed by atoms with E-state index in [2.05, 4.69) is 10.5 Å². The SMILES string of the molecule is O=[N+]([O-])c1cc(C(F)(F)F)cc([N+](=O)[O-])c1N/N=C\c1ccccc1Cl. The molecule has 136 valence electrons. The molecule has 0 fully saturated rings. The van der Waals surface area contributed by atoms with E-state index in [1.807, 2.05) is 0 Å². The molecule has 0 aliphatic heterocycles. The molecule has 0 amide bonds. The summed E-state index contributed by atoms with van der Waals surface area (Å²) >= 11 is 5.88. The van der Waals surface area contributed by atoms with E-state index in [1.54, 1.807) is 18.2 Å². The van der Waals surface area contributed by atoms with Crippen LogP contribution < -0.4 is 5.43 Å². The predicted octanol–water partition coefficient (Wildman–Crippen LogP) is 4.62. The molecule has 8 nitrogen and oxygen atoms in total. The van der Waals surface area contributed by atoms with Crippen LogP contribution in [0.4, 0.5) is 30.2 Å². The monoisotopic (exact) mass is 388 g/mol. The van der Waals surface area contributed by atoms with Crippen LogP contribution in [-0.4, -0.2) is 16.1 Å². The summed E-state index contributed by atoms with van der Waals surface area (Å²) in [5, 5.41) is 26.0. The fourth-order valence-electron chi connectivity index (χ4n) is 1.92. The Morgan fingerprint density at radius 2 is 1.62 bits per heavy atom. The Labute approximate surface area is 148 Å². The van der Waals surface area contributed by atoms with Gasteiger partial charge in [-0.25, -0.2) is 0 Å². The molecule has 0 atom stereocenters. The number of alkyl halides is 3. The first kappa shape index (κ1) is 19.1. The highest BCUT2D eigenvalue weighted by Crippen LogP contribution is 2.41. The molecule has 12 heteroatoms. The summed E-state index contributed by atoms with van der Waals surface area (Å²) in [5.41, 5.74) is -2.12. The Morgan fingerprint density at radius 3 is 2.08 bits per heavy atom. The van der Waals surface area contributed by atoms with Gasteiger partial charge in [-0.1, -0.05) is 29.8 Å². The summed E-state index contributed by atoms with van der Waals surface area (Å²) in [6, 6.07) is 6.73. The van der Waals surface area contributed by atoms with Gasteiger partial charge < -0.3 is 0 Å². The van der Waals surface area contributed by atoms with Crippen LogP contribution in [0.15, 0.2) is 41.5 Å². The van der Waals surface area contributed by atoms with Crippen LogP contribution in [0.25, 0.3) is 0 Å². The summed E-state index contributed by atoms with van der Waals surface area (Å²) in [4.78, 5) is 19.8. The number of hydrazone groups is 1. The highest BCUT2D eigenvalue weighted by molar-refractivity contribution is 6.33. The second kappa shape index (κ2) is 7.35. The van der Waals surface area contributed by atoms with Gasteiger partial charge in [0.2, 0.25) is 5.69 Å². The first-order valence-corrected chi connectivity index (χ1v) is 7.06. The summed E-state index contributed by atoms with van der Waals surface area (Å²) in [6.07, 6.45) is -3.87. The number of rotatable bonds is 5. The van der Waals surface area contributed by atoms with E-state index in [9.17, 15) is 33.4 Å². The number of hydrogen-bond acceptors (Lipinski definition) is 6. The van der Waals surface area contributed by atoms with E-state index in [4.69, 9.17) is 11.6 Å². The second-order valence-corrected chi connectivity index (χ2v) is 5.20. The number of nitrogens with one attached hydrogen (secondary N) is 1. The maximum absolute atomic E-state index is 12.8. The molecule has 2 aromatic carbocycles. The number of anilines is 1. The van der Waals surface area contributed by atoms with Crippen LogP contribution in [0.2, 0.25) is 5.02 Å². The minimum absolute atomic E-state index is 0.195. The minimum atomic E-state index is -4.99. The summed E-state index contributed by atoms with van der Waals surface area (Å²) in [6.45, 7) is 0. The Kier molecular flexibility index (Phi) is 5.41. The van der Waals surface area contributed by atoms with E-state index < -0.39 is 38.6 Å². The number of halogens is 4. The molecular weight excluding hydrogens is 381 g/mol. The van der Waals surface area contributed by atoms with Crippen molar-refractivity contribution in [1.29, 1.82) is 0 Å². The molecule has 0 aromatic heterocycles. The van der Waals surface area contributed by atoms with Gasteiger partial charge in [0.1, 0.15) is 0 Å². The number of nitro groups is 2. The quantitative estimate of drug-likeness (QED) is 0.456. The fourth-order valence-corrected chi connectivity index (χ4v) is 2.11. The first-order chi connectivity index (χ1) is 12.1. The lowest BCUT2D eigenvalue weighted by molar-refractivity contribution is -0.392. The molecule has 0 saturated heterocycles. The van der Waals surface area contributed by atoms with Gasteiger partial charge in [-0.05, 0) is 6.07 Å². The number of benzene rings is 2. The largest absolute Gasteiger partial charge is 0.416 e. The third-order valence-electron chi connectivity index (χ3n) is 3.10. The van der Waals surface area contributed by atoms with Gasteiger partial charge >= 0.3 is 17.6 Å². The lowest BCUT2D eigenvalue weighted by Gasteiger charge is -2.09. The van der Waals surface area contributed by atoms with E-state index in [0.717, 1.165) is 6.21 Å². The molecule has 0 aliphatic carbocycles. The van der Waals surface area contributed by atoms with Crippen LogP contribution in [0.1, 0.15) is 11.1 Å². The van der Waals surface area contributed by atoms with Crippen molar-refractivity contribution >= 4 is 34.9 Å². The van der Waals surface area contributed by atoms with Crippen LogP contribution >= 0.6 is 11.6 Å². The zero-order valence-electron chi connectivity index (χ0n) is 12.5. The van der Waals surface area contributed by atoms with Crippen molar-refractivity contribution in [3.8, 4) is 0 Å². The van der Waals surface area contributed by atoms with Crippen molar-refractivity contribution in [2.45, 2.75) is 6.18 Å². The van der Waals surface area contributed by atoms with Crippen molar-refractivity contribution in [3.05, 3.63) is 72.8 Å². The molecule has 2 aromatic rings. The first-order valence-electron chi connectivity index (χ1n) is 6.69. The lowest BCUT2D eigenvalue weighted by atomic mass is 10.1. The highest BCUT2D eigenvalue weighted by atomic mass is 35.5. The summed E-state index contributed by atoms with van der Waals surface area (Å²) < 4.78 is 38.4. The number of nitro benzene ring substituents is 2. The molecule has 0 heterocycles. The Morgan fingerprint density at radius 1 is 1.08 bits per heavy atom. The zero-order valence-corrected chi connectivity index (χ0v) is 13.3. The van der Waals surface area contributed by atoms with Crippen molar-refractivity contribution in [1.82, 2.24) is 0 Å². The smallest absolute Gasteiger partial charge is 0.266 e. The van der Waals surface area contributed by atoms with E-state index in [-0.39, 0.29) is 17.2 Å².